The van der Waals surface area contributed by atoms with E-state index >= 15 is 0 Å². The number of ether oxygens (including phenoxy) is 2. The van der Waals surface area contributed by atoms with Crippen molar-refractivity contribution in [3.63, 3.8) is 0 Å². The summed E-state index contributed by atoms with van der Waals surface area (Å²) < 4.78 is 11.7. The summed E-state index contributed by atoms with van der Waals surface area (Å²) in [5.74, 6) is 0.773. The molecule has 0 spiro atoms. The second-order valence-electron chi connectivity index (χ2n) is 9.46. The maximum atomic E-state index is 11.7. The molecule has 3 atom stereocenters. The molecule has 0 radical (unpaired) electrons. The maximum Gasteiger partial charge on any atom is 0.306 e. The molecule has 5 rings (SSSR count). The van der Waals surface area contributed by atoms with Crippen LogP contribution in [0.5, 0.6) is 11.6 Å². The lowest BCUT2D eigenvalue weighted by atomic mass is 9.82. The van der Waals surface area contributed by atoms with Crippen molar-refractivity contribution in [1.29, 1.82) is 0 Å². The van der Waals surface area contributed by atoms with Crippen LogP contribution in [0.25, 0.3) is 11.1 Å². The zero-order valence-electron chi connectivity index (χ0n) is 19.8. The molecular formula is C28H30N2O4. The SMILES string of the molecule is COc1cc(-c2ccc(C3CCc4ccc([C@H](C5CC5)[C@H](C)C(=O)O)cc4O3)nc2C)ccn1. The predicted molar refractivity (Wildman–Crippen MR) is 129 cm³/mol. The molecule has 1 saturated carbocycles. The minimum atomic E-state index is -0.736. The van der Waals surface area contributed by atoms with Crippen molar-refractivity contribution in [2.45, 2.75) is 51.6 Å². The quantitative estimate of drug-likeness (QED) is 0.486. The Balaban J connectivity index is 1.39. The fourth-order valence-corrected chi connectivity index (χ4v) is 5.13. The summed E-state index contributed by atoms with van der Waals surface area (Å²) in [6, 6.07) is 14.3. The highest BCUT2D eigenvalue weighted by Gasteiger charge is 2.39. The number of fused-ring (bicyclic) bond motifs is 1. The van der Waals surface area contributed by atoms with Crippen LogP contribution in [0.4, 0.5) is 0 Å². The third-order valence-electron chi connectivity index (χ3n) is 7.17. The number of hydrogen-bond acceptors (Lipinski definition) is 5. The largest absolute Gasteiger partial charge is 0.484 e. The van der Waals surface area contributed by atoms with Gasteiger partial charge in [0.25, 0.3) is 0 Å². The summed E-state index contributed by atoms with van der Waals surface area (Å²) in [4.78, 5) is 20.8. The third kappa shape index (κ3) is 4.37. The highest BCUT2D eigenvalue weighted by Crippen LogP contribution is 2.48. The van der Waals surface area contributed by atoms with Gasteiger partial charge in [0.15, 0.2) is 0 Å². The Morgan fingerprint density at radius 2 is 1.97 bits per heavy atom. The molecule has 0 bridgehead atoms. The van der Waals surface area contributed by atoms with Crippen molar-refractivity contribution in [1.82, 2.24) is 9.97 Å². The van der Waals surface area contributed by atoms with Crippen molar-refractivity contribution >= 4 is 5.97 Å². The van der Waals surface area contributed by atoms with Crippen LogP contribution in [0.2, 0.25) is 0 Å². The number of pyridine rings is 2. The van der Waals surface area contributed by atoms with Gasteiger partial charge in [0.2, 0.25) is 5.88 Å². The van der Waals surface area contributed by atoms with Gasteiger partial charge in [-0.05, 0) is 79.3 Å². The minimum absolute atomic E-state index is 0.0313. The van der Waals surface area contributed by atoms with Crippen molar-refractivity contribution in [3.8, 4) is 22.8 Å². The summed E-state index contributed by atoms with van der Waals surface area (Å²) in [5, 5.41) is 9.63. The average Bonchev–Trinajstić information content (AvgIpc) is 3.68. The second-order valence-corrected chi connectivity index (χ2v) is 9.46. The first kappa shape index (κ1) is 22.4. The first-order valence-electron chi connectivity index (χ1n) is 11.9. The van der Waals surface area contributed by atoms with Crippen LogP contribution in [0.1, 0.15) is 60.7 Å². The molecule has 1 fully saturated rings. The molecule has 1 unspecified atom stereocenters. The smallest absolute Gasteiger partial charge is 0.306 e. The van der Waals surface area contributed by atoms with Gasteiger partial charge in [-0.15, -0.1) is 0 Å². The Morgan fingerprint density at radius 3 is 2.68 bits per heavy atom. The van der Waals surface area contributed by atoms with Crippen LogP contribution in [-0.2, 0) is 11.2 Å². The van der Waals surface area contributed by atoms with Gasteiger partial charge in [-0.2, -0.15) is 0 Å². The molecule has 1 N–H and O–H groups in total. The number of nitrogens with zero attached hydrogens (tertiary/aromatic N) is 2. The number of hydrogen-bond donors (Lipinski definition) is 1. The molecule has 6 nitrogen and oxygen atoms in total. The molecule has 1 aliphatic carbocycles. The molecule has 2 aromatic heterocycles. The normalized spacial score (nSPS) is 19.0. The van der Waals surface area contributed by atoms with E-state index in [0.717, 1.165) is 59.5 Å². The first-order chi connectivity index (χ1) is 16.4. The van der Waals surface area contributed by atoms with E-state index in [0.29, 0.717) is 11.8 Å². The average molecular weight is 459 g/mol. The van der Waals surface area contributed by atoms with Gasteiger partial charge >= 0.3 is 5.97 Å². The van der Waals surface area contributed by atoms with Gasteiger partial charge in [-0.3, -0.25) is 9.78 Å². The van der Waals surface area contributed by atoms with Crippen LogP contribution in [0.15, 0.2) is 48.7 Å². The summed E-state index contributed by atoms with van der Waals surface area (Å²) in [7, 11) is 1.61. The van der Waals surface area contributed by atoms with E-state index in [-0.39, 0.29) is 12.0 Å². The fourth-order valence-electron chi connectivity index (χ4n) is 5.13. The molecule has 6 heteroatoms. The zero-order chi connectivity index (χ0) is 23.8. The molecule has 1 aromatic carbocycles. The molecular weight excluding hydrogens is 428 g/mol. The molecule has 3 heterocycles. The van der Waals surface area contributed by atoms with E-state index in [2.05, 4.69) is 29.2 Å². The lowest BCUT2D eigenvalue weighted by Gasteiger charge is -2.28. The summed E-state index contributed by atoms with van der Waals surface area (Å²) in [5.41, 5.74) is 6.14. The number of aliphatic carboxylic acids is 1. The lowest BCUT2D eigenvalue weighted by molar-refractivity contribution is -0.142. The van der Waals surface area contributed by atoms with Gasteiger partial charge in [-0.25, -0.2) is 4.98 Å². The number of aromatic nitrogens is 2. The van der Waals surface area contributed by atoms with Crippen LogP contribution < -0.4 is 9.47 Å². The van der Waals surface area contributed by atoms with E-state index in [9.17, 15) is 9.90 Å². The molecule has 176 valence electrons. The summed E-state index contributed by atoms with van der Waals surface area (Å²) in [6.07, 6.45) is 5.58. The highest BCUT2D eigenvalue weighted by atomic mass is 16.5. The van der Waals surface area contributed by atoms with Crippen LogP contribution >= 0.6 is 0 Å². The molecule has 0 amide bonds. The zero-order valence-corrected chi connectivity index (χ0v) is 19.8. The number of carboxylic acids is 1. The Hall–Kier alpha value is -3.41. The second kappa shape index (κ2) is 9.09. The number of methoxy groups -OCH3 is 1. The molecule has 3 aromatic rings. The monoisotopic (exact) mass is 458 g/mol. The van der Waals surface area contributed by atoms with Crippen LogP contribution in [-0.4, -0.2) is 28.2 Å². The molecule has 34 heavy (non-hydrogen) atoms. The van der Waals surface area contributed by atoms with Crippen molar-refractivity contribution in [2.75, 3.05) is 7.11 Å². The van der Waals surface area contributed by atoms with Crippen molar-refractivity contribution < 1.29 is 19.4 Å². The topological polar surface area (TPSA) is 81.5 Å². The Morgan fingerprint density at radius 1 is 1.15 bits per heavy atom. The Labute approximate surface area is 200 Å². The third-order valence-corrected chi connectivity index (χ3v) is 7.17. The van der Waals surface area contributed by atoms with Gasteiger partial charge < -0.3 is 14.6 Å². The van der Waals surface area contributed by atoms with Crippen LogP contribution in [0.3, 0.4) is 0 Å². The Kier molecular flexibility index (Phi) is 5.98. The van der Waals surface area contributed by atoms with Gasteiger partial charge in [-0.1, -0.05) is 25.1 Å². The Bertz CT molecular complexity index is 1220. The molecule has 2 aliphatic rings. The van der Waals surface area contributed by atoms with Crippen molar-refractivity contribution in [3.05, 3.63) is 71.2 Å². The van der Waals surface area contributed by atoms with E-state index in [1.54, 1.807) is 13.3 Å². The number of carboxylic acid groups (broad SMARTS) is 1. The lowest BCUT2D eigenvalue weighted by Crippen LogP contribution is -2.21. The van der Waals surface area contributed by atoms with Crippen molar-refractivity contribution in [2.24, 2.45) is 11.8 Å². The number of aryl methyl sites for hydroxylation is 2. The predicted octanol–water partition coefficient (Wildman–Crippen LogP) is 5.74. The standard InChI is InChI=1S/C28H30N2O4/c1-16(28(31)32)27(19-5-6-19)21-7-4-18-8-11-24(34-25(18)14-21)23-10-9-22(17(2)30-23)20-12-13-29-26(15-20)33-3/h4,7,9-10,12-16,19,24,27H,5-6,8,11H2,1-3H3,(H,31,32)/t16-,24?,27-/m0/s1. The van der Waals surface area contributed by atoms with Crippen LogP contribution in [0, 0.1) is 18.8 Å². The fraction of sp³-hybridized carbons (Fsp3) is 0.393. The van der Waals surface area contributed by atoms with E-state index in [1.807, 2.05) is 32.0 Å². The maximum absolute atomic E-state index is 11.7. The summed E-state index contributed by atoms with van der Waals surface area (Å²) in [6.45, 7) is 3.83. The number of carbonyl (C=O) groups is 1. The van der Waals surface area contributed by atoms with E-state index < -0.39 is 11.9 Å². The van der Waals surface area contributed by atoms with Gasteiger partial charge in [0, 0.05) is 23.5 Å². The molecule has 0 saturated heterocycles. The van der Waals surface area contributed by atoms with Gasteiger partial charge in [0.05, 0.1) is 18.7 Å². The summed E-state index contributed by atoms with van der Waals surface area (Å²) >= 11 is 0. The number of benzene rings is 1. The molecule has 1 aliphatic heterocycles. The van der Waals surface area contributed by atoms with E-state index in [1.165, 1.54) is 5.56 Å². The van der Waals surface area contributed by atoms with Gasteiger partial charge in [0.1, 0.15) is 11.9 Å². The number of rotatable bonds is 7. The van der Waals surface area contributed by atoms with E-state index in [4.69, 9.17) is 14.5 Å². The minimum Gasteiger partial charge on any atom is -0.484 e. The highest BCUT2D eigenvalue weighted by molar-refractivity contribution is 5.71. The first-order valence-corrected chi connectivity index (χ1v) is 11.9.